The summed E-state index contributed by atoms with van der Waals surface area (Å²) in [5, 5.41) is 17.9. The second-order valence-corrected chi connectivity index (χ2v) is 3.87. The Morgan fingerprint density at radius 3 is 2.00 bits per heavy atom. The third-order valence-corrected chi connectivity index (χ3v) is 1.26. The molecule has 0 saturated heterocycles. The highest BCUT2D eigenvalue weighted by molar-refractivity contribution is 5.77. The van der Waals surface area contributed by atoms with Gasteiger partial charge in [0, 0.05) is 0 Å². The Bertz CT molecular complexity index is 171. The maximum Gasteiger partial charge on any atom is 0.101 e. The van der Waals surface area contributed by atoms with E-state index in [9.17, 15) is 9.90 Å². The van der Waals surface area contributed by atoms with Gasteiger partial charge in [-0.2, -0.15) is 0 Å². The number of likely N-dealkylation sites (N-methyl/N-ethyl adjacent to an activating group) is 1. The van der Waals surface area contributed by atoms with E-state index in [1.54, 1.807) is 0 Å². The van der Waals surface area contributed by atoms with Crippen LogP contribution in [0.3, 0.4) is 0 Å². The molecule has 0 fully saturated rings. The van der Waals surface area contributed by atoms with Crippen molar-refractivity contribution in [2.45, 2.75) is 13.3 Å². The number of hydrogen-bond acceptors (Lipinski definition) is 3. The van der Waals surface area contributed by atoms with Crippen LogP contribution < -0.4 is 5.11 Å². The van der Waals surface area contributed by atoms with Crippen LogP contribution in [0.4, 0.5) is 0 Å². The van der Waals surface area contributed by atoms with Gasteiger partial charge in [-0.05, 0) is 12.5 Å². The minimum absolute atomic E-state index is 0.281. The molecule has 0 aliphatic carbocycles. The van der Waals surface area contributed by atoms with Crippen LogP contribution in [0.2, 0.25) is 0 Å². The Balaban J connectivity index is 0. The van der Waals surface area contributed by atoms with Crippen molar-refractivity contribution in [3.63, 3.8) is 0 Å². The van der Waals surface area contributed by atoms with Gasteiger partial charge in [0.2, 0.25) is 0 Å². The summed E-state index contributed by atoms with van der Waals surface area (Å²) in [6.07, 6.45) is 3.31. The minimum Gasteiger partial charge on any atom is -0.545 e. The molecule has 4 nitrogen and oxygen atoms in total. The summed E-state index contributed by atoms with van der Waals surface area (Å²) in [5.74, 6) is -1.12. The summed E-state index contributed by atoms with van der Waals surface area (Å²) < 4.78 is 0.844. The van der Waals surface area contributed by atoms with Gasteiger partial charge in [0.1, 0.15) is 6.54 Å². The van der Waals surface area contributed by atoms with E-state index in [1.165, 1.54) is 6.08 Å². The van der Waals surface area contributed by atoms with Crippen molar-refractivity contribution in [2.75, 3.05) is 34.3 Å². The fraction of sp³-hybridized carbons (Fsp3) is 0.700. The first-order valence-electron chi connectivity index (χ1n) is 4.62. The number of carboxylic acid groups (broad SMARTS) is 1. The molecule has 0 aromatic heterocycles. The lowest BCUT2D eigenvalue weighted by Gasteiger charge is -2.21. The molecular weight excluding hydrogens is 182 g/mol. The first-order valence-corrected chi connectivity index (χ1v) is 4.62. The number of rotatable bonds is 4. The second-order valence-electron chi connectivity index (χ2n) is 3.87. The highest BCUT2D eigenvalue weighted by Gasteiger charge is 2.02. The number of aliphatic carboxylic acids is 1. The molecular formula is C10H21NO3. The molecule has 0 aliphatic heterocycles. The molecule has 1 N–H and O–H groups in total. The molecule has 0 bridgehead atoms. The first kappa shape index (κ1) is 15.6. The predicted octanol–water partition coefficient (Wildman–Crippen LogP) is -0.613. The van der Waals surface area contributed by atoms with Crippen LogP contribution in [-0.4, -0.2) is 49.9 Å². The Morgan fingerprint density at radius 1 is 1.43 bits per heavy atom. The Hall–Kier alpha value is -0.870. The van der Waals surface area contributed by atoms with Crippen LogP contribution in [0, 0.1) is 0 Å². The molecule has 4 heteroatoms. The van der Waals surface area contributed by atoms with Crippen LogP contribution in [0.25, 0.3) is 0 Å². The maximum absolute atomic E-state index is 9.56. The van der Waals surface area contributed by atoms with E-state index >= 15 is 0 Å². The quantitative estimate of drug-likeness (QED) is 0.489. The van der Waals surface area contributed by atoms with Gasteiger partial charge in [-0.25, -0.2) is 0 Å². The molecule has 0 aromatic rings. The molecule has 0 saturated carbocycles. The molecule has 0 spiro atoms. The van der Waals surface area contributed by atoms with Gasteiger partial charge < -0.3 is 19.5 Å². The summed E-state index contributed by atoms with van der Waals surface area (Å²) in [5.41, 5.74) is 0. The van der Waals surface area contributed by atoms with Crippen LogP contribution in [-0.2, 0) is 4.79 Å². The molecule has 0 unspecified atom stereocenters. The Morgan fingerprint density at radius 2 is 1.93 bits per heavy atom. The van der Waals surface area contributed by atoms with Crippen LogP contribution >= 0.6 is 0 Å². The fourth-order valence-corrected chi connectivity index (χ4v) is 0.514. The Kier molecular flexibility index (Phi) is 9.71. The van der Waals surface area contributed by atoms with Crippen molar-refractivity contribution in [3.8, 4) is 0 Å². The topological polar surface area (TPSA) is 60.4 Å². The zero-order valence-electron chi connectivity index (χ0n) is 9.49. The molecule has 0 amide bonds. The maximum atomic E-state index is 9.56. The molecule has 14 heavy (non-hydrogen) atoms. The monoisotopic (exact) mass is 203 g/mol. The van der Waals surface area contributed by atoms with E-state index in [1.807, 2.05) is 6.92 Å². The summed E-state index contributed by atoms with van der Waals surface area (Å²) in [7, 11) is 6.16. The third kappa shape index (κ3) is 22.5. The van der Waals surface area contributed by atoms with Gasteiger partial charge >= 0.3 is 0 Å². The van der Waals surface area contributed by atoms with Gasteiger partial charge in [-0.3, -0.25) is 0 Å². The molecule has 0 heterocycles. The molecule has 0 aromatic carbocycles. The predicted molar refractivity (Wildman–Crippen MR) is 54.4 cm³/mol. The molecule has 0 radical (unpaired) electrons. The van der Waals surface area contributed by atoms with Crippen molar-refractivity contribution in [1.82, 2.24) is 0 Å². The van der Waals surface area contributed by atoms with E-state index in [4.69, 9.17) is 5.11 Å². The molecule has 84 valence electrons. The van der Waals surface area contributed by atoms with Crippen molar-refractivity contribution in [3.05, 3.63) is 12.2 Å². The van der Waals surface area contributed by atoms with Crippen LogP contribution in [0.5, 0.6) is 0 Å². The number of carboxylic acids is 1. The Labute approximate surface area is 86.1 Å². The number of quaternary nitrogens is 1. The lowest BCUT2D eigenvalue weighted by atomic mass is 10.4. The van der Waals surface area contributed by atoms with Crippen molar-refractivity contribution < 1.29 is 19.5 Å². The highest BCUT2D eigenvalue weighted by atomic mass is 16.4. The van der Waals surface area contributed by atoms with Crippen LogP contribution in [0.1, 0.15) is 13.3 Å². The molecule has 0 atom stereocenters. The third-order valence-electron chi connectivity index (χ3n) is 1.26. The molecule has 0 rings (SSSR count). The largest absolute Gasteiger partial charge is 0.545 e. The number of allylic oxidation sites excluding steroid dienone is 1. The number of hydrogen-bond donors (Lipinski definition) is 1. The lowest BCUT2D eigenvalue weighted by molar-refractivity contribution is -0.870. The van der Waals surface area contributed by atoms with Gasteiger partial charge in [0.25, 0.3) is 0 Å². The highest BCUT2D eigenvalue weighted by Crippen LogP contribution is 1.84. The standard InChI is InChI=1S/C5H14NO.C5H8O2/c1-6(2,3)4-5-7;1-2-3-4-5(6)7/h7H,4-5H2,1-3H3;3-4H,2H2,1H3,(H,6,7)/q+1;/p-1. The average molecular weight is 203 g/mol. The van der Waals surface area contributed by atoms with Crippen molar-refractivity contribution in [1.29, 1.82) is 0 Å². The number of carbonyl (C=O) groups excluding carboxylic acids is 1. The summed E-state index contributed by atoms with van der Waals surface area (Å²) in [4.78, 5) is 9.56. The SMILES string of the molecule is CCC=CC(=O)[O-].C[N+](C)(C)CCO. The van der Waals surface area contributed by atoms with Gasteiger partial charge in [-0.1, -0.05) is 13.0 Å². The van der Waals surface area contributed by atoms with Gasteiger partial charge in [0.15, 0.2) is 0 Å². The summed E-state index contributed by atoms with van der Waals surface area (Å²) in [6, 6.07) is 0. The number of carbonyl (C=O) groups is 1. The number of aliphatic hydroxyl groups is 1. The summed E-state index contributed by atoms with van der Waals surface area (Å²) >= 11 is 0. The second kappa shape index (κ2) is 8.72. The zero-order chi connectivity index (χ0) is 11.6. The van der Waals surface area contributed by atoms with E-state index in [0.29, 0.717) is 0 Å². The summed E-state index contributed by atoms with van der Waals surface area (Å²) in [6.45, 7) is 2.98. The fourth-order valence-electron chi connectivity index (χ4n) is 0.514. The number of nitrogens with zero attached hydrogens (tertiary/aromatic N) is 1. The average Bonchev–Trinajstić information content (AvgIpc) is 1.99. The smallest absolute Gasteiger partial charge is 0.101 e. The van der Waals surface area contributed by atoms with E-state index in [2.05, 4.69) is 21.1 Å². The van der Waals surface area contributed by atoms with E-state index in [-0.39, 0.29) is 6.61 Å². The minimum atomic E-state index is -1.12. The van der Waals surface area contributed by atoms with Gasteiger partial charge in [-0.15, -0.1) is 0 Å². The first-order chi connectivity index (χ1) is 6.33. The van der Waals surface area contributed by atoms with Crippen LogP contribution in [0.15, 0.2) is 12.2 Å². The van der Waals surface area contributed by atoms with Crippen molar-refractivity contribution >= 4 is 5.97 Å². The molecule has 0 aliphatic rings. The number of aliphatic hydroxyl groups excluding tert-OH is 1. The zero-order valence-corrected chi connectivity index (χ0v) is 9.49. The van der Waals surface area contributed by atoms with Gasteiger partial charge in [0.05, 0.1) is 33.7 Å². The van der Waals surface area contributed by atoms with E-state index < -0.39 is 5.97 Å². The lowest BCUT2D eigenvalue weighted by Crippen LogP contribution is -2.36. The van der Waals surface area contributed by atoms with Crippen molar-refractivity contribution in [2.24, 2.45) is 0 Å². The van der Waals surface area contributed by atoms with E-state index in [0.717, 1.165) is 23.5 Å². The normalized spacial score (nSPS) is 10.9.